The second-order valence-corrected chi connectivity index (χ2v) is 5.64. The Hall–Kier alpha value is -1.80. The highest BCUT2D eigenvalue weighted by atomic mass is 16.5. The van der Waals surface area contributed by atoms with Crippen LogP contribution in [0.15, 0.2) is 48.5 Å². The SMILES string of the molecule is CCc1ccc(COc2ccc(CNC(C)C)cc2)cc1. The Morgan fingerprint density at radius 2 is 1.43 bits per heavy atom. The largest absolute Gasteiger partial charge is 0.489 e. The van der Waals surface area contributed by atoms with E-state index in [2.05, 4.69) is 62.5 Å². The number of benzene rings is 2. The fraction of sp³-hybridized carbons (Fsp3) is 0.368. The van der Waals surface area contributed by atoms with Crippen molar-refractivity contribution in [2.24, 2.45) is 0 Å². The van der Waals surface area contributed by atoms with E-state index in [0.29, 0.717) is 12.6 Å². The number of hydrogen-bond acceptors (Lipinski definition) is 2. The van der Waals surface area contributed by atoms with E-state index in [4.69, 9.17) is 4.74 Å². The fourth-order valence-electron chi connectivity index (χ4n) is 2.06. The van der Waals surface area contributed by atoms with Crippen LogP contribution in [0.25, 0.3) is 0 Å². The Kier molecular flexibility index (Phi) is 5.82. The molecule has 0 radical (unpaired) electrons. The molecule has 0 aromatic heterocycles. The summed E-state index contributed by atoms with van der Waals surface area (Å²) in [6, 6.07) is 17.4. The van der Waals surface area contributed by atoms with Gasteiger partial charge in [0.1, 0.15) is 12.4 Å². The second kappa shape index (κ2) is 7.84. The van der Waals surface area contributed by atoms with Gasteiger partial charge >= 0.3 is 0 Å². The van der Waals surface area contributed by atoms with E-state index in [1.807, 2.05) is 12.1 Å². The quantitative estimate of drug-likeness (QED) is 0.817. The average molecular weight is 283 g/mol. The number of hydrogen-bond donors (Lipinski definition) is 1. The lowest BCUT2D eigenvalue weighted by atomic mass is 10.1. The molecule has 112 valence electrons. The second-order valence-electron chi connectivity index (χ2n) is 5.64. The maximum absolute atomic E-state index is 5.83. The zero-order chi connectivity index (χ0) is 15.1. The highest BCUT2D eigenvalue weighted by Gasteiger charge is 1.99. The number of nitrogens with one attached hydrogen (secondary N) is 1. The summed E-state index contributed by atoms with van der Waals surface area (Å²) in [6.45, 7) is 7.99. The Morgan fingerprint density at radius 3 is 2.00 bits per heavy atom. The highest BCUT2D eigenvalue weighted by Crippen LogP contribution is 2.15. The smallest absolute Gasteiger partial charge is 0.119 e. The summed E-state index contributed by atoms with van der Waals surface area (Å²) >= 11 is 0. The minimum atomic E-state index is 0.506. The van der Waals surface area contributed by atoms with Gasteiger partial charge in [0.25, 0.3) is 0 Å². The minimum Gasteiger partial charge on any atom is -0.489 e. The molecule has 0 bridgehead atoms. The third-order valence-corrected chi connectivity index (χ3v) is 3.47. The van der Waals surface area contributed by atoms with Crippen molar-refractivity contribution in [1.82, 2.24) is 5.32 Å². The molecule has 0 saturated heterocycles. The van der Waals surface area contributed by atoms with E-state index < -0.39 is 0 Å². The van der Waals surface area contributed by atoms with Crippen molar-refractivity contribution >= 4 is 0 Å². The number of aryl methyl sites for hydroxylation is 1. The first-order chi connectivity index (χ1) is 10.2. The van der Waals surface area contributed by atoms with Gasteiger partial charge in [0.05, 0.1) is 0 Å². The van der Waals surface area contributed by atoms with Crippen LogP contribution in [0.5, 0.6) is 5.75 Å². The topological polar surface area (TPSA) is 21.3 Å². The van der Waals surface area contributed by atoms with Crippen molar-refractivity contribution in [2.45, 2.75) is 46.4 Å². The van der Waals surface area contributed by atoms with Crippen LogP contribution in [0.1, 0.15) is 37.5 Å². The van der Waals surface area contributed by atoms with Gasteiger partial charge in [-0.3, -0.25) is 0 Å². The van der Waals surface area contributed by atoms with Crippen LogP contribution in [0.3, 0.4) is 0 Å². The van der Waals surface area contributed by atoms with Crippen LogP contribution in [-0.2, 0) is 19.6 Å². The first kappa shape index (κ1) is 15.6. The molecule has 0 atom stereocenters. The molecule has 2 aromatic rings. The minimum absolute atomic E-state index is 0.506. The number of ether oxygens (including phenoxy) is 1. The Morgan fingerprint density at radius 1 is 0.857 bits per heavy atom. The molecule has 0 fully saturated rings. The maximum atomic E-state index is 5.83. The van der Waals surface area contributed by atoms with E-state index in [9.17, 15) is 0 Å². The van der Waals surface area contributed by atoms with Gasteiger partial charge in [0, 0.05) is 12.6 Å². The number of rotatable bonds is 7. The lowest BCUT2D eigenvalue weighted by molar-refractivity contribution is 0.306. The molecule has 0 saturated carbocycles. The molecule has 0 unspecified atom stereocenters. The van der Waals surface area contributed by atoms with Gasteiger partial charge in [0.2, 0.25) is 0 Å². The van der Waals surface area contributed by atoms with E-state index in [1.54, 1.807) is 0 Å². The Balaban J connectivity index is 1.85. The molecule has 0 amide bonds. The third-order valence-electron chi connectivity index (χ3n) is 3.47. The molecular formula is C19H25NO. The molecule has 21 heavy (non-hydrogen) atoms. The zero-order valence-corrected chi connectivity index (χ0v) is 13.2. The van der Waals surface area contributed by atoms with Crippen molar-refractivity contribution in [3.05, 3.63) is 65.2 Å². The lowest BCUT2D eigenvalue weighted by Crippen LogP contribution is -2.21. The summed E-state index contributed by atoms with van der Waals surface area (Å²) < 4.78 is 5.83. The predicted octanol–water partition coefficient (Wildman–Crippen LogP) is 4.33. The molecule has 1 N–H and O–H groups in total. The first-order valence-corrected chi connectivity index (χ1v) is 7.70. The lowest BCUT2D eigenvalue weighted by Gasteiger charge is -2.10. The summed E-state index contributed by atoms with van der Waals surface area (Å²) in [7, 11) is 0. The molecule has 2 heteroatoms. The molecule has 0 spiro atoms. The highest BCUT2D eigenvalue weighted by molar-refractivity contribution is 5.28. The van der Waals surface area contributed by atoms with Crippen molar-refractivity contribution in [1.29, 1.82) is 0 Å². The zero-order valence-electron chi connectivity index (χ0n) is 13.2. The van der Waals surface area contributed by atoms with Gasteiger partial charge < -0.3 is 10.1 Å². The summed E-state index contributed by atoms with van der Waals surface area (Å²) in [5, 5.41) is 3.41. The van der Waals surface area contributed by atoms with Crippen molar-refractivity contribution in [2.75, 3.05) is 0 Å². The van der Waals surface area contributed by atoms with Gasteiger partial charge in [0.15, 0.2) is 0 Å². The van der Waals surface area contributed by atoms with Gasteiger partial charge in [-0.1, -0.05) is 57.2 Å². The van der Waals surface area contributed by atoms with Gasteiger partial charge in [-0.05, 0) is 35.2 Å². The maximum Gasteiger partial charge on any atom is 0.119 e. The van der Waals surface area contributed by atoms with Crippen LogP contribution in [-0.4, -0.2) is 6.04 Å². The van der Waals surface area contributed by atoms with Crippen LogP contribution in [0.2, 0.25) is 0 Å². The average Bonchev–Trinajstić information content (AvgIpc) is 2.52. The summed E-state index contributed by atoms with van der Waals surface area (Å²) in [4.78, 5) is 0. The molecule has 0 aliphatic rings. The first-order valence-electron chi connectivity index (χ1n) is 7.70. The Bertz CT molecular complexity index is 528. The van der Waals surface area contributed by atoms with Crippen LogP contribution < -0.4 is 10.1 Å². The van der Waals surface area contributed by atoms with E-state index in [-0.39, 0.29) is 0 Å². The van der Waals surface area contributed by atoms with Gasteiger partial charge in [-0.2, -0.15) is 0 Å². The summed E-state index contributed by atoms with van der Waals surface area (Å²) in [6.07, 6.45) is 1.08. The van der Waals surface area contributed by atoms with Gasteiger partial charge in [-0.25, -0.2) is 0 Å². The van der Waals surface area contributed by atoms with Crippen LogP contribution >= 0.6 is 0 Å². The van der Waals surface area contributed by atoms with E-state index in [1.165, 1.54) is 16.7 Å². The normalized spacial score (nSPS) is 10.9. The molecule has 0 heterocycles. The van der Waals surface area contributed by atoms with Gasteiger partial charge in [-0.15, -0.1) is 0 Å². The molecular weight excluding hydrogens is 258 g/mol. The van der Waals surface area contributed by atoms with E-state index in [0.717, 1.165) is 18.7 Å². The van der Waals surface area contributed by atoms with Crippen molar-refractivity contribution < 1.29 is 4.74 Å². The van der Waals surface area contributed by atoms with Crippen LogP contribution in [0, 0.1) is 0 Å². The van der Waals surface area contributed by atoms with E-state index >= 15 is 0 Å². The molecule has 2 nitrogen and oxygen atoms in total. The van der Waals surface area contributed by atoms with Crippen molar-refractivity contribution in [3.63, 3.8) is 0 Å². The fourth-order valence-corrected chi connectivity index (χ4v) is 2.06. The molecule has 2 rings (SSSR count). The molecule has 2 aromatic carbocycles. The summed E-state index contributed by atoms with van der Waals surface area (Å²) in [5.74, 6) is 0.919. The molecule has 0 aliphatic carbocycles. The van der Waals surface area contributed by atoms with Crippen LogP contribution in [0.4, 0.5) is 0 Å². The third kappa shape index (κ3) is 5.24. The van der Waals surface area contributed by atoms with Crippen molar-refractivity contribution in [3.8, 4) is 5.75 Å². The predicted molar refractivity (Wildman–Crippen MR) is 88.6 cm³/mol. The summed E-state index contributed by atoms with van der Waals surface area (Å²) in [5.41, 5.74) is 3.85. The monoisotopic (exact) mass is 283 g/mol. The molecule has 0 aliphatic heterocycles. The Labute approximate surface area is 128 Å². The standard InChI is InChI=1S/C19H25NO/c1-4-16-5-7-18(8-6-16)14-21-19-11-9-17(10-12-19)13-20-15(2)3/h5-12,15,20H,4,13-14H2,1-3H3.